The van der Waals surface area contributed by atoms with Crippen molar-refractivity contribution in [2.24, 2.45) is 0 Å². The maximum atomic E-state index is 11.1. The number of hydrogen-bond donors (Lipinski definition) is 2. The minimum Gasteiger partial charge on any atom is -0.510 e. The van der Waals surface area contributed by atoms with Crippen LogP contribution >= 0.6 is 11.6 Å². The summed E-state index contributed by atoms with van der Waals surface area (Å²) in [5.41, 5.74) is 6.56. The first-order valence-corrected chi connectivity index (χ1v) is 9.51. The van der Waals surface area contributed by atoms with Gasteiger partial charge in [0.1, 0.15) is 5.76 Å². The Morgan fingerprint density at radius 1 is 1.04 bits per heavy atom. The van der Waals surface area contributed by atoms with E-state index < -0.39 is 0 Å². The largest absolute Gasteiger partial charge is 0.510 e. The molecule has 0 radical (unpaired) electrons. The van der Waals surface area contributed by atoms with Crippen LogP contribution in [0.3, 0.4) is 0 Å². The van der Waals surface area contributed by atoms with Gasteiger partial charge in [-0.25, -0.2) is 0 Å². The molecule has 0 aliphatic carbocycles. The molecule has 2 aromatic carbocycles. The summed E-state index contributed by atoms with van der Waals surface area (Å²) in [7, 11) is 0. The second kappa shape index (κ2) is 6.73. The molecule has 0 bridgehead atoms. The van der Waals surface area contributed by atoms with Crippen LogP contribution < -0.4 is 5.32 Å². The molecule has 2 aliphatic heterocycles. The lowest BCUT2D eigenvalue weighted by atomic mass is 9.85. The van der Waals surface area contributed by atoms with Crippen LogP contribution in [0.1, 0.15) is 29.5 Å². The van der Waals surface area contributed by atoms with E-state index in [1.807, 2.05) is 24.3 Å². The van der Waals surface area contributed by atoms with E-state index in [9.17, 15) is 5.11 Å². The summed E-state index contributed by atoms with van der Waals surface area (Å²) in [6, 6.07) is 12.2. The summed E-state index contributed by atoms with van der Waals surface area (Å²) < 4.78 is 5.50. The Bertz CT molecular complexity index is 864. The van der Waals surface area contributed by atoms with Gasteiger partial charge in [0, 0.05) is 30.4 Å². The average Bonchev–Trinajstić information content (AvgIpc) is 2.94. The number of ether oxygens (including phenoxy) is 1. The van der Waals surface area contributed by atoms with Crippen molar-refractivity contribution in [3.8, 4) is 11.1 Å². The summed E-state index contributed by atoms with van der Waals surface area (Å²) >= 11 is 6.04. The molecule has 136 valence electrons. The quantitative estimate of drug-likeness (QED) is 0.778. The number of aliphatic hydroxyl groups excluding tert-OH is 1. The van der Waals surface area contributed by atoms with Crippen molar-refractivity contribution in [1.82, 2.24) is 5.32 Å². The Morgan fingerprint density at radius 2 is 1.73 bits per heavy atom. The first-order chi connectivity index (χ1) is 12.5. The van der Waals surface area contributed by atoms with Gasteiger partial charge in [0.2, 0.25) is 0 Å². The highest BCUT2D eigenvalue weighted by Crippen LogP contribution is 2.41. The van der Waals surface area contributed by atoms with E-state index in [2.05, 4.69) is 31.3 Å². The summed E-state index contributed by atoms with van der Waals surface area (Å²) in [6.07, 6.45) is 1.63. The molecule has 2 N–H and O–H groups in total. The number of benzene rings is 2. The molecule has 1 saturated heterocycles. The third-order valence-electron chi connectivity index (χ3n) is 5.82. The predicted octanol–water partition coefficient (Wildman–Crippen LogP) is 5.05. The number of aryl methyl sites for hydroxylation is 1. The average molecular weight is 370 g/mol. The van der Waals surface area contributed by atoms with E-state index in [1.165, 1.54) is 16.7 Å². The van der Waals surface area contributed by atoms with Crippen LogP contribution in [0.4, 0.5) is 0 Å². The SMILES string of the molecule is Cc1ccc(-c2ccc(Cl)cc2)c(C)c1C1=C(O)C2(CCOCC2)NC1. The van der Waals surface area contributed by atoms with Crippen molar-refractivity contribution in [3.63, 3.8) is 0 Å². The lowest BCUT2D eigenvalue weighted by Crippen LogP contribution is -2.47. The van der Waals surface area contributed by atoms with Gasteiger partial charge in [-0.2, -0.15) is 0 Å². The molecule has 0 unspecified atom stereocenters. The van der Waals surface area contributed by atoms with Crippen LogP contribution in [-0.4, -0.2) is 30.4 Å². The highest BCUT2D eigenvalue weighted by Gasteiger charge is 2.43. The second-order valence-corrected chi connectivity index (χ2v) is 7.75. The van der Waals surface area contributed by atoms with E-state index in [1.54, 1.807) is 0 Å². The predicted molar refractivity (Wildman–Crippen MR) is 107 cm³/mol. The molecule has 2 aromatic rings. The Labute approximate surface area is 159 Å². The second-order valence-electron chi connectivity index (χ2n) is 7.31. The van der Waals surface area contributed by atoms with E-state index in [0.29, 0.717) is 25.5 Å². The first kappa shape index (κ1) is 17.6. The van der Waals surface area contributed by atoms with Crippen LogP contribution in [-0.2, 0) is 4.74 Å². The van der Waals surface area contributed by atoms with Gasteiger partial charge < -0.3 is 15.2 Å². The van der Waals surface area contributed by atoms with Gasteiger partial charge in [0.15, 0.2) is 0 Å². The molecule has 26 heavy (non-hydrogen) atoms. The highest BCUT2D eigenvalue weighted by atomic mass is 35.5. The molecule has 1 fully saturated rings. The number of hydrogen-bond acceptors (Lipinski definition) is 3. The van der Waals surface area contributed by atoms with Crippen LogP contribution in [0.25, 0.3) is 16.7 Å². The maximum absolute atomic E-state index is 11.1. The van der Waals surface area contributed by atoms with Crippen molar-refractivity contribution in [3.05, 3.63) is 63.9 Å². The fraction of sp³-hybridized carbons (Fsp3) is 0.364. The zero-order valence-electron chi connectivity index (χ0n) is 15.2. The molecule has 2 heterocycles. The third kappa shape index (κ3) is 2.84. The summed E-state index contributed by atoms with van der Waals surface area (Å²) in [4.78, 5) is 0. The zero-order chi connectivity index (χ0) is 18.3. The molecule has 0 saturated carbocycles. The van der Waals surface area contributed by atoms with Crippen LogP contribution in [0, 0.1) is 13.8 Å². The Balaban J connectivity index is 1.82. The molecule has 4 rings (SSSR count). The first-order valence-electron chi connectivity index (χ1n) is 9.14. The molecular weight excluding hydrogens is 346 g/mol. The zero-order valence-corrected chi connectivity index (χ0v) is 16.0. The van der Waals surface area contributed by atoms with Gasteiger partial charge in [-0.05, 0) is 66.6 Å². The van der Waals surface area contributed by atoms with E-state index >= 15 is 0 Å². The number of halogens is 1. The molecule has 3 nitrogen and oxygen atoms in total. The van der Waals surface area contributed by atoms with Gasteiger partial charge >= 0.3 is 0 Å². The molecule has 0 aromatic heterocycles. The fourth-order valence-corrected chi connectivity index (χ4v) is 4.43. The third-order valence-corrected chi connectivity index (χ3v) is 6.07. The van der Waals surface area contributed by atoms with Gasteiger partial charge in [0.05, 0.1) is 5.54 Å². The van der Waals surface area contributed by atoms with Crippen LogP contribution in [0.5, 0.6) is 0 Å². The molecule has 2 aliphatic rings. The van der Waals surface area contributed by atoms with Crippen molar-refractivity contribution < 1.29 is 9.84 Å². The number of nitrogens with one attached hydrogen (secondary N) is 1. The number of rotatable bonds is 2. The summed E-state index contributed by atoms with van der Waals surface area (Å²) in [5.74, 6) is 0.500. The summed E-state index contributed by atoms with van der Waals surface area (Å²) in [5, 5.41) is 15.4. The van der Waals surface area contributed by atoms with Gasteiger partial charge in [-0.1, -0.05) is 35.9 Å². The Hall–Kier alpha value is -1.81. The standard InChI is InChI=1S/C22H24ClNO2/c1-14-3-8-18(16-4-6-17(23)7-5-16)15(2)20(14)19-13-24-22(21(19)25)9-11-26-12-10-22/h3-8,24-25H,9-13H2,1-2H3. The van der Waals surface area contributed by atoms with E-state index in [0.717, 1.165) is 34.6 Å². The van der Waals surface area contributed by atoms with Crippen molar-refractivity contribution in [1.29, 1.82) is 0 Å². The van der Waals surface area contributed by atoms with Gasteiger partial charge in [0.25, 0.3) is 0 Å². The molecule has 0 atom stereocenters. The van der Waals surface area contributed by atoms with Crippen molar-refractivity contribution in [2.75, 3.05) is 19.8 Å². The normalized spacial score (nSPS) is 19.3. The maximum Gasteiger partial charge on any atom is 0.118 e. The smallest absolute Gasteiger partial charge is 0.118 e. The monoisotopic (exact) mass is 369 g/mol. The Morgan fingerprint density at radius 3 is 2.42 bits per heavy atom. The topological polar surface area (TPSA) is 41.5 Å². The van der Waals surface area contributed by atoms with Crippen molar-refractivity contribution in [2.45, 2.75) is 32.2 Å². The van der Waals surface area contributed by atoms with E-state index in [4.69, 9.17) is 16.3 Å². The van der Waals surface area contributed by atoms with Gasteiger partial charge in [-0.15, -0.1) is 0 Å². The minimum atomic E-state index is -0.317. The molecule has 4 heteroatoms. The molecule has 1 spiro atoms. The summed E-state index contributed by atoms with van der Waals surface area (Å²) in [6.45, 7) is 6.32. The molecular formula is C22H24ClNO2. The van der Waals surface area contributed by atoms with Crippen LogP contribution in [0.2, 0.25) is 5.02 Å². The number of aliphatic hydroxyl groups is 1. The van der Waals surface area contributed by atoms with Crippen molar-refractivity contribution >= 4 is 17.2 Å². The lowest BCUT2D eigenvalue weighted by molar-refractivity contribution is 0.0425. The lowest BCUT2D eigenvalue weighted by Gasteiger charge is -2.33. The van der Waals surface area contributed by atoms with Gasteiger partial charge in [-0.3, -0.25) is 0 Å². The highest BCUT2D eigenvalue weighted by molar-refractivity contribution is 6.30. The fourth-order valence-electron chi connectivity index (χ4n) is 4.31. The Kier molecular flexibility index (Phi) is 4.55. The minimum absolute atomic E-state index is 0.317. The van der Waals surface area contributed by atoms with Crippen LogP contribution in [0.15, 0.2) is 42.2 Å². The molecule has 0 amide bonds. The van der Waals surface area contributed by atoms with E-state index in [-0.39, 0.29) is 5.54 Å².